The third kappa shape index (κ3) is 4.68. The van der Waals surface area contributed by atoms with Gasteiger partial charge in [0, 0.05) is 38.8 Å². The minimum Gasteiger partial charge on any atom is -0.459 e. The maximum absolute atomic E-state index is 13.3. The van der Waals surface area contributed by atoms with Crippen LogP contribution in [0, 0.1) is 0 Å². The summed E-state index contributed by atoms with van der Waals surface area (Å²) in [6, 6.07) is 18.1. The third-order valence-corrected chi connectivity index (χ3v) is 5.20. The molecule has 0 aliphatic carbocycles. The van der Waals surface area contributed by atoms with Crippen LogP contribution in [-0.2, 0) is 11.2 Å². The second-order valence-corrected chi connectivity index (χ2v) is 7.19. The molecular formula is C23H24N4O3. The number of furan rings is 1. The number of anilines is 1. The molecule has 1 aliphatic heterocycles. The molecular weight excluding hydrogens is 380 g/mol. The lowest BCUT2D eigenvalue weighted by Gasteiger charge is -2.37. The summed E-state index contributed by atoms with van der Waals surface area (Å²) in [5, 5.41) is 2.86. The van der Waals surface area contributed by atoms with Crippen LogP contribution < -0.4 is 10.2 Å². The minimum atomic E-state index is -0.661. The lowest BCUT2D eigenvalue weighted by atomic mass is 10.0. The second-order valence-electron chi connectivity index (χ2n) is 7.19. The monoisotopic (exact) mass is 404 g/mol. The van der Waals surface area contributed by atoms with Gasteiger partial charge in [-0.1, -0.05) is 36.4 Å². The van der Waals surface area contributed by atoms with Crippen LogP contribution in [0.25, 0.3) is 0 Å². The number of nitrogens with one attached hydrogen (secondary N) is 1. The molecule has 3 heterocycles. The van der Waals surface area contributed by atoms with Gasteiger partial charge in [0.1, 0.15) is 11.9 Å². The van der Waals surface area contributed by atoms with Crippen molar-refractivity contribution in [3.8, 4) is 0 Å². The third-order valence-electron chi connectivity index (χ3n) is 5.20. The molecule has 154 valence electrons. The Morgan fingerprint density at radius 2 is 1.73 bits per heavy atom. The maximum atomic E-state index is 13.3. The van der Waals surface area contributed by atoms with E-state index in [0.29, 0.717) is 32.6 Å². The molecule has 2 aromatic heterocycles. The Labute approximate surface area is 175 Å². The van der Waals surface area contributed by atoms with E-state index >= 15 is 0 Å². The Balaban J connectivity index is 1.44. The van der Waals surface area contributed by atoms with Gasteiger partial charge in [-0.25, -0.2) is 4.98 Å². The summed E-state index contributed by atoms with van der Waals surface area (Å²) < 4.78 is 5.18. The summed E-state index contributed by atoms with van der Waals surface area (Å²) in [6.45, 7) is 2.56. The van der Waals surface area contributed by atoms with E-state index in [9.17, 15) is 9.59 Å². The molecule has 0 bridgehead atoms. The van der Waals surface area contributed by atoms with Crippen molar-refractivity contribution in [2.75, 3.05) is 31.1 Å². The molecule has 1 saturated heterocycles. The molecule has 2 amide bonds. The molecule has 3 aromatic rings. The Morgan fingerprint density at radius 1 is 0.967 bits per heavy atom. The number of carbonyl (C=O) groups is 2. The van der Waals surface area contributed by atoms with E-state index in [0.717, 1.165) is 11.4 Å². The first-order chi connectivity index (χ1) is 14.7. The fraction of sp³-hybridized carbons (Fsp3) is 0.261. The summed E-state index contributed by atoms with van der Waals surface area (Å²) >= 11 is 0. The maximum Gasteiger partial charge on any atom is 0.287 e. The molecule has 0 spiro atoms. The molecule has 1 aromatic carbocycles. The van der Waals surface area contributed by atoms with E-state index in [4.69, 9.17) is 4.42 Å². The zero-order chi connectivity index (χ0) is 20.8. The number of pyridine rings is 1. The van der Waals surface area contributed by atoms with Crippen LogP contribution >= 0.6 is 0 Å². The van der Waals surface area contributed by atoms with E-state index in [1.54, 1.807) is 18.3 Å². The van der Waals surface area contributed by atoms with Crippen molar-refractivity contribution in [3.63, 3.8) is 0 Å². The number of carbonyl (C=O) groups excluding carboxylic acids is 2. The fourth-order valence-electron chi connectivity index (χ4n) is 3.60. The Bertz CT molecular complexity index is 953. The molecule has 0 saturated carbocycles. The molecule has 1 fully saturated rings. The second kappa shape index (κ2) is 9.26. The van der Waals surface area contributed by atoms with Crippen molar-refractivity contribution >= 4 is 17.6 Å². The number of amides is 2. The highest BCUT2D eigenvalue weighted by molar-refractivity contribution is 5.95. The highest BCUT2D eigenvalue weighted by Gasteiger charge is 2.30. The molecule has 0 unspecified atom stereocenters. The number of aromatic nitrogens is 1. The van der Waals surface area contributed by atoms with Gasteiger partial charge in [-0.15, -0.1) is 0 Å². The van der Waals surface area contributed by atoms with Gasteiger partial charge in [-0.05, 0) is 29.8 Å². The van der Waals surface area contributed by atoms with E-state index in [2.05, 4.69) is 15.2 Å². The van der Waals surface area contributed by atoms with Crippen LogP contribution in [0.1, 0.15) is 16.1 Å². The van der Waals surface area contributed by atoms with Gasteiger partial charge in [0.25, 0.3) is 5.91 Å². The first-order valence-electron chi connectivity index (χ1n) is 10.0. The van der Waals surface area contributed by atoms with Crippen molar-refractivity contribution in [1.29, 1.82) is 0 Å². The number of rotatable bonds is 6. The topological polar surface area (TPSA) is 78.7 Å². The summed E-state index contributed by atoms with van der Waals surface area (Å²) in [6.07, 6.45) is 3.64. The Kier molecular flexibility index (Phi) is 6.08. The summed E-state index contributed by atoms with van der Waals surface area (Å²) in [5.74, 6) is 0.637. The van der Waals surface area contributed by atoms with E-state index in [1.807, 2.05) is 53.4 Å². The normalized spacial score (nSPS) is 14.9. The van der Waals surface area contributed by atoms with Crippen molar-refractivity contribution in [2.45, 2.75) is 12.5 Å². The van der Waals surface area contributed by atoms with Gasteiger partial charge >= 0.3 is 0 Å². The van der Waals surface area contributed by atoms with Gasteiger partial charge in [-0.2, -0.15) is 0 Å². The fourth-order valence-corrected chi connectivity index (χ4v) is 3.60. The SMILES string of the molecule is O=C(N[C@H](Cc1ccccc1)C(=O)N1CCN(c2ccccn2)CC1)c1ccco1. The molecule has 0 radical (unpaired) electrons. The molecule has 30 heavy (non-hydrogen) atoms. The van der Waals surface area contributed by atoms with Crippen LogP contribution in [-0.4, -0.2) is 53.9 Å². The number of benzene rings is 1. The van der Waals surface area contributed by atoms with E-state index in [1.165, 1.54) is 6.26 Å². The quantitative estimate of drug-likeness (QED) is 0.682. The summed E-state index contributed by atoms with van der Waals surface area (Å²) in [5.41, 5.74) is 0.989. The molecule has 1 atom stereocenters. The van der Waals surface area contributed by atoms with Gasteiger partial charge in [0.15, 0.2) is 5.76 Å². The first-order valence-corrected chi connectivity index (χ1v) is 10.0. The predicted molar refractivity (Wildman–Crippen MR) is 113 cm³/mol. The average Bonchev–Trinajstić information content (AvgIpc) is 3.35. The highest BCUT2D eigenvalue weighted by atomic mass is 16.3. The van der Waals surface area contributed by atoms with E-state index in [-0.39, 0.29) is 17.6 Å². The van der Waals surface area contributed by atoms with Gasteiger partial charge in [0.2, 0.25) is 5.91 Å². The standard InChI is InChI=1S/C23H24N4O3/c28-22(20-9-6-16-30-20)25-19(17-18-7-2-1-3-8-18)23(29)27-14-12-26(13-15-27)21-10-4-5-11-24-21/h1-11,16,19H,12-15,17H2,(H,25,28)/t19-/m1/s1. The summed E-state index contributed by atoms with van der Waals surface area (Å²) in [4.78, 5) is 34.2. The zero-order valence-electron chi connectivity index (χ0n) is 16.6. The van der Waals surface area contributed by atoms with Gasteiger partial charge < -0.3 is 19.5 Å². The summed E-state index contributed by atoms with van der Waals surface area (Å²) in [7, 11) is 0. The molecule has 1 aliphatic rings. The Morgan fingerprint density at radius 3 is 2.40 bits per heavy atom. The van der Waals surface area contributed by atoms with Crippen LogP contribution in [0.5, 0.6) is 0 Å². The van der Waals surface area contributed by atoms with Crippen LogP contribution in [0.4, 0.5) is 5.82 Å². The van der Waals surface area contributed by atoms with Crippen LogP contribution in [0.15, 0.2) is 77.5 Å². The van der Waals surface area contributed by atoms with Crippen LogP contribution in [0.3, 0.4) is 0 Å². The van der Waals surface area contributed by atoms with E-state index < -0.39 is 6.04 Å². The lowest BCUT2D eigenvalue weighted by molar-refractivity contribution is -0.133. The number of hydrogen-bond donors (Lipinski definition) is 1. The molecule has 7 heteroatoms. The Hall–Kier alpha value is -3.61. The number of hydrogen-bond acceptors (Lipinski definition) is 5. The van der Waals surface area contributed by atoms with Crippen molar-refractivity contribution in [3.05, 3.63) is 84.4 Å². The van der Waals surface area contributed by atoms with Gasteiger partial charge in [0.05, 0.1) is 6.26 Å². The van der Waals surface area contributed by atoms with Crippen molar-refractivity contribution in [1.82, 2.24) is 15.2 Å². The smallest absolute Gasteiger partial charge is 0.287 e. The average molecular weight is 404 g/mol. The highest BCUT2D eigenvalue weighted by Crippen LogP contribution is 2.15. The molecule has 7 nitrogen and oxygen atoms in total. The van der Waals surface area contributed by atoms with Crippen LogP contribution in [0.2, 0.25) is 0 Å². The molecule has 1 N–H and O–H groups in total. The number of nitrogens with zero attached hydrogens (tertiary/aromatic N) is 3. The predicted octanol–water partition coefficient (Wildman–Crippen LogP) is 2.36. The first kappa shape index (κ1) is 19.7. The van der Waals surface area contributed by atoms with Crippen molar-refractivity contribution in [2.24, 2.45) is 0 Å². The lowest BCUT2D eigenvalue weighted by Crippen LogP contribution is -2.55. The van der Waals surface area contributed by atoms with Crippen molar-refractivity contribution < 1.29 is 14.0 Å². The minimum absolute atomic E-state index is 0.0839. The number of piperazine rings is 1. The zero-order valence-corrected chi connectivity index (χ0v) is 16.6. The largest absolute Gasteiger partial charge is 0.459 e. The molecule has 4 rings (SSSR count). The van der Waals surface area contributed by atoms with Gasteiger partial charge in [-0.3, -0.25) is 9.59 Å².